The van der Waals surface area contributed by atoms with Crippen LogP contribution in [-0.4, -0.2) is 16.5 Å². The first kappa shape index (κ1) is 8.06. The van der Waals surface area contributed by atoms with Crippen LogP contribution in [0.25, 0.3) is 0 Å². The van der Waals surface area contributed by atoms with Gasteiger partial charge in [-0.15, -0.1) is 0 Å². The molecular weight excluding hydrogens is 204 g/mol. The number of aliphatic hydroxyl groups excluding tert-OH is 1. The Balaban J connectivity index is 2.06. The molecule has 2 fully saturated rings. The molecule has 2 rings (SSSR count). The van der Waals surface area contributed by atoms with Gasteiger partial charge in [0.1, 0.15) is 0 Å². The Morgan fingerprint density at radius 3 is 2.82 bits per heavy atom. The van der Waals surface area contributed by atoms with E-state index in [2.05, 4.69) is 15.9 Å². The number of hydrogen-bond acceptors (Lipinski definition) is 1. The van der Waals surface area contributed by atoms with Crippen molar-refractivity contribution in [3.63, 3.8) is 0 Å². The molecule has 64 valence electrons. The number of fused-ring (bicyclic) bond motifs is 2. The van der Waals surface area contributed by atoms with Gasteiger partial charge in [-0.3, -0.25) is 0 Å². The van der Waals surface area contributed by atoms with Crippen molar-refractivity contribution in [2.24, 2.45) is 17.8 Å². The third-order valence-corrected chi connectivity index (χ3v) is 4.24. The van der Waals surface area contributed by atoms with Gasteiger partial charge >= 0.3 is 0 Å². The highest BCUT2D eigenvalue weighted by Crippen LogP contribution is 2.46. The summed E-state index contributed by atoms with van der Waals surface area (Å²) < 4.78 is 0. The largest absolute Gasteiger partial charge is 0.393 e. The van der Waals surface area contributed by atoms with Crippen molar-refractivity contribution >= 4 is 15.9 Å². The Labute approximate surface area is 76.3 Å². The summed E-state index contributed by atoms with van der Waals surface area (Å²) in [5.41, 5.74) is 0. The summed E-state index contributed by atoms with van der Waals surface area (Å²) >= 11 is 3.53. The van der Waals surface area contributed by atoms with Crippen LogP contribution in [0.5, 0.6) is 0 Å². The molecule has 0 radical (unpaired) electrons. The lowest BCUT2D eigenvalue weighted by molar-refractivity contribution is 0.0640. The predicted molar refractivity (Wildman–Crippen MR) is 48.7 cm³/mol. The van der Waals surface area contributed by atoms with Crippen LogP contribution in [-0.2, 0) is 0 Å². The van der Waals surface area contributed by atoms with E-state index in [-0.39, 0.29) is 6.10 Å². The molecule has 0 heterocycles. The molecule has 0 aromatic rings. The molecule has 0 spiro atoms. The Kier molecular flexibility index (Phi) is 2.24. The minimum atomic E-state index is 0.0105. The van der Waals surface area contributed by atoms with Crippen LogP contribution >= 0.6 is 15.9 Å². The molecule has 11 heavy (non-hydrogen) atoms. The monoisotopic (exact) mass is 218 g/mol. The normalized spacial score (nSPS) is 49.6. The fourth-order valence-corrected chi connectivity index (χ4v) is 3.53. The van der Waals surface area contributed by atoms with Gasteiger partial charge in [-0.25, -0.2) is 0 Å². The Morgan fingerprint density at radius 2 is 2.09 bits per heavy atom. The average molecular weight is 219 g/mol. The van der Waals surface area contributed by atoms with Crippen molar-refractivity contribution in [3.8, 4) is 0 Å². The molecule has 0 unspecified atom stereocenters. The van der Waals surface area contributed by atoms with Gasteiger partial charge < -0.3 is 5.11 Å². The summed E-state index contributed by atoms with van der Waals surface area (Å²) in [6.45, 7) is 0. The minimum Gasteiger partial charge on any atom is -0.393 e. The standard InChI is InChI=1S/C9H15BrO/c10-5-7-3-6-1-2-9(11)8(7)4-6/h6-9,11H,1-5H2/t6-,7+,8+,9-/m0/s1. The van der Waals surface area contributed by atoms with Crippen molar-refractivity contribution in [2.45, 2.75) is 31.8 Å². The Morgan fingerprint density at radius 1 is 1.27 bits per heavy atom. The number of hydrogen-bond donors (Lipinski definition) is 1. The average Bonchev–Trinajstić information content (AvgIpc) is 2.37. The molecular formula is C9H15BrO. The number of halogens is 1. The van der Waals surface area contributed by atoms with Crippen molar-refractivity contribution in [2.75, 3.05) is 5.33 Å². The van der Waals surface area contributed by atoms with Crippen LogP contribution in [0.3, 0.4) is 0 Å². The van der Waals surface area contributed by atoms with Crippen LogP contribution in [0.1, 0.15) is 25.7 Å². The lowest BCUT2D eigenvalue weighted by atomic mass is 9.85. The summed E-state index contributed by atoms with van der Waals surface area (Å²) in [7, 11) is 0. The van der Waals surface area contributed by atoms with Gasteiger partial charge in [0.2, 0.25) is 0 Å². The summed E-state index contributed by atoms with van der Waals surface area (Å²) in [6, 6.07) is 0. The molecule has 2 bridgehead atoms. The SMILES string of the molecule is O[C@H]1CC[C@H]2C[C@H](CBr)[C@H]1C2. The van der Waals surface area contributed by atoms with E-state index >= 15 is 0 Å². The maximum atomic E-state index is 9.68. The quantitative estimate of drug-likeness (QED) is 0.670. The first-order chi connectivity index (χ1) is 5.31. The molecule has 2 aliphatic carbocycles. The third kappa shape index (κ3) is 1.35. The molecule has 1 nitrogen and oxygen atoms in total. The zero-order valence-electron chi connectivity index (χ0n) is 6.67. The van der Waals surface area contributed by atoms with E-state index in [1.807, 2.05) is 0 Å². The zero-order valence-corrected chi connectivity index (χ0v) is 8.26. The van der Waals surface area contributed by atoms with E-state index in [0.29, 0.717) is 5.92 Å². The first-order valence-corrected chi connectivity index (χ1v) is 5.67. The number of rotatable bonds is 1. The van der Waals surface area contributed by atoms with E-state index in [4.69, 9.17) is 0 Å². The maximum Gasteiger partial charge on any atom is 0.0571 e. The fraction of sp³-hybridized carbons (Fsp3) is 1.00. The third-order valence-electron chi connectivity index (χ3n) is 3.41. The molecule has 2 aliphatic rings. The number of alkyl halides is 1. The highest BCUT2D eigenvalue weighted by Gasteiger charge is 2.41. The molecule has 0 aromatic carbocycles. The molecule has 2 saturated carbocycles. The molecule has 2 heteroatoms. The van der Waals surface area contributed by atoms with Crippen LogP contribution < -0.4 is 0 Å². The molecule has 1 N–H and O–H groups in total. The molecule has 0 aromatic heterocycles. The van der Waals surface area contributed by atoms with E-state index in [0.717, 1.165) is 23.6 Å². The van der Waals surface area contributed by atoms with Crippen LogP contribution in [0, 0.1) is 17.8 Å². The van der Waals surface area contributed by atoms with Gasteiger partial charge in [-0.1, -0.05) is 15.9 Å². The Hall–Kier alpha value is 0.440. The van der Waals surface area contributed by atoms with Gasteiger partial charge in [0.15, 0.2) is 0 Å². The van der Waals surface area contributed by atoms with Crippen LogP contribution in [0.2, 0.25) is 0 Å². The van der Waals surface area contributed by atoms with Crippen LogP contribution in [0.4, 0.5) is 0 Å². The molecule has 4 atom stereocenters. The van der Waals surface area contributed by atoms with E-state index in [9.17, 15) is 5.11 Å². The zero-order chi connectivity index (χ0) is 7.84. The van der Waals surface area contributed by atoms with Gasteiger partial charge in [-0.05, 0) is 43.4 Å². The summed E-state index contributed by atoms with van der Waals surface area (Å²) in [4.78, 5) is 0. The molecule has 0 amide bonds. The highest BCUT2D eigenvalue weighted by molar-refractivity contribution is 9.09. The summed E-state index contributed by atoms with van der Waals surface area (Å²) in [5.74, 6) is 2.32. The van der Waals surface area contributed by atoms with Crippen molar-refractivity contribution < 1.29 is 5.11 Å². The van der Waals surface area contributed by atoms with E-state index in [1.165, 1.54) is 19.3 Å². The molecule has 0 aliphatic heterocycles. The van der Waals surface area contributed by atoms with Crippen LogP contribution in [0.15, 0.2) is 0 Å². The van der Waals surface area contributed by atoms with Gasteiger partial charge in [0, 0.05) is 5.33 Å². The fourth-order valence-electron chi connectivity index (χ4n) is 2.78. The van der Waals surface area contributed by atoms with E-state index < -0.39 is 0 Å². The second kappa shape index (κ2) is 3.06. The van der Waals surface area contributed by atoms with E-state index in [1.54, 1.807) is 0 Å². The van der Waals surface area contributed by atoms with Gasteiger partial charge in [-0.2, -0.15) is 0 Å². The topological polar surface area (TPSA) is 20.2 Å². The Bertz CT molecular complexity index is 146. The number of aliphatic hydroxyl groups is 1. The summed E-state index contributed by atoms with van der Waals surface area (Å²) in [6.07, 6.45) is 4.97. The summed E-state index contributed by atoms with van der Waals surface area (Å²) in [5, 5.41) is 10.8. The smallest absolute Gasteiger partial charge is 0.0571 e. The maximum absolute atomic E-state index is 9.68. The van der Waals surface area contributed by atoms with Crippen molar-refractivity contribution in [1.82, 2.24) is 0 Å². The second-order valence-corrected chi connectivity index (χ2v) is 4.71. The lowest BCUT2D eigenvalue weighted by Gasteiger charge is -2.26. The van der Waals surface area contributed by atoms with Gasteiger partial charge in [0.05, 0.1) is 6.10 Å². The second-order valence-electron chi connectivity index (χ2n) is 4.06. The molecule has 0 saturated heterocycles. The van der Waals surface area contributed by atoms with Crippen molar-refractivity contribution in [3.05, 3.63) is 0 Å². The minimum absolute atomic E-state index is 0.0105. The van der Waals surface area contributed by atoms with Crippen molar-refractivity contribution in [1.29, 1.82) is 0 Å². The predicted octanol–water partition coefficient (Wildman–Crippen LogP) is 2.18. The van der Waals surface area contributed by atoms with Gasteiger partial charge in [0.25, 0.3) is 0 Å². The highest BCUT2D eigenvalue weighted by atomic mass is 79.9. The lowest BCUT2D eigenvalue weighted by Crippen LogP contribution is -2.26. The first-order valence-electron chi connectivity index (χ1n) is 4.55.